The summed E-state index contributed by atoms with van der Waals surface area (Å²) in [7, 11) is -3.45. The number of ether oxygens (including phenoxy) is 1. The number of hydrogen-bond donors (Lipinski definition) is 1. The largest absolute Gasteiger partial charge is 0.376 e. The van der Waals surface area contributed by atoms with Crippen LogP contribution >= 0.6 is 0 Å². The fraction of sp³-hybridized carbons (Fsp3) is 0.588. The van der Waals surface area contributed by atoms with E-state index in [0.29, 0.717) is 12.2 Å². The summed E-state index contributed by atoms with van der Waals surface area (Å²) >= 11 is 0. The van der Waals surface area contributed by atoms with E-state index in [-0.39, 0.29) is 25.0 Å². The van der Waals surface area contributed by atoms with Crippen LogP contribution < -0.4 is 9.62 Å². The molecule has 1 aromatic carbocycles. The van der Waals surface area contributed by atoms with Crippen LogP contribution in [-0.2, 0) is 19.6 Å². The molecule has 0 radical (unpaired) electrons. The second kappa shape index (κ2) is 7.98. The number of carbonyl (C=O) groups is 1. The van der Waals surface area contributed by atoms with Crippen molar-refractivity contribution in [1.29, 1.82) is 0 Å². The van der Waals surface area contributed by atoms with Gasteiger partial charge >= 0.3 is 0 Å². The number of nitrogens with one attached hydrogen (secondary N) is 1. The standard InChI is InChI=1S/C17H26N2O4S/c1-13-6-7-14(2)16(11-13)19(24(3,21)22)9-8-17(20)18-12-15-5-4-10-23-15/h6-7,11,15H,4-5,8-10,12H2,1-3H3,(H,18,20). The van der Waals surface area contributed by atoms with E-state index in [1.165, 1.54) is 10.6 Å². The van der Waals surface area contributed by atoms with Crippen LogP contribution in [0.25, 0.3) is 0 Å². The molecule has 1 fully saturated rings. The molecule has 1 N–H and O–H groups in total. The van der Waals surface area contributed by atoms with Gasteiger partial charge in [0, 0.05) is 26.1 Å². The van der Waals surface area contributed by atoms with Gasteiger partial charge in [-0.1, -0.05) is 12.1 Å². The summed E-state index contributed by atoms with van der Waals surface area (Å²) in [6, 6.07) is 5.66. The van der Waals surface area contributed by atoms with E-state index in [4.69, 9.17) is 4.74 Å². The summed E-state index contributed by atoms with van der Waals surface area (Å²) in [5.74, 6) is -0.163. The van der Waals surface area contributed by atoms with Crippen LogP contribution in [0, 0.1) is 13.8 Å². The predicted molar refractivity (Wildman–Crippen MR) is 94.7 cm³/mol. The highest BCUT2D eigenvalue weighted by Crippen LogP contribution is 2.24. The molecule has 1 aliphatic rings. The quantitative estimate of drug-likeness (QED) is 0.809. The maximum Gasteiger partial charge on any atom is 0.232 e. The molecular weight excluding hydrogens is 328 g/mol. The van der Waals surface area contributed by atoms with Crippen molar-refractivity contribution in [3.8, 4) is 0 Å². The summed E-state index contributed by atoms with van der Waals surface area (Å²) in [4.78, 5) is 12.0. The monoisotopic (exact) mass is 354 g/mol. The number of hydrogen-bond acceptors (Lipinski definition) is 4. The number of anilines is 1. The lowest BCUT2D eigenvalue weighted by atomic mass is 10.1. The summed E-state index contributed by atoms with van der Waals surface area (Å²) in [5.41, 5.74) is 2.47. The Kier molecular flexibility index (Phi) is 6.23. The molecule has 0 spiro atoms. The van der Waals surface area contributed by atoms with Crippen molar-refractivity contribution in [3.63, 3.8) is 0 Å². The maximum atomic E-state index is 12.1. The van der Waals surface area contributed by atoms with Crippen LogP contribution in [0.5, 0.6) is 0 Å². The van der Waals surface area contributed by atoms with Gasteiger partial charge in [-0.15, -0.1) is 0 Å². The van der Waals surface area contributed by atoms with Crippen molar-refractivity contribution in [1.82, 2.24) is 5.32 Å². The van der Waals surface area contributed by atoms with E-state index < -0.39 is 10.0 Å². The molecule has 0 aliphatic carbocycles. The van der Waals surface area contributed by atoms with Gasteiger partial charge in [-0.05, 0) is 43.9 Å². The number of nitrogens with zero attached hydrogens (tertiary/aromatic N) is 1. The Morgan fingerprint density at radius 1 is 1.38 bits per heavy atom. The minimum absolute atomic E-state index is 0.0824. The van der Waals surface area contributed by atoms with Gasteiger partial charge in [0.1, 0.15) is 0 Å². The van der Waals surface area contributed by atoms with Gasteiger partial charge in [0.05, 0.1) is 18.0 Å². The predicted octanol–water partition coefficient (Wildman–Crippen LogP) is 1.75. The fourth-order valence-electron chi connectivity index (χ4n) is 2.78. The first kappa shape index (κ1) is 18.7. The molecule has 1 amide bonds. The molecule has 1 aromatic rings. The molecule has 0 bridgehead atoms. The van der Waals surface area contributed by atoms with Crippen LogP contribution in [0.2, 0.25) is 0 Å². The van der Waals surface area contributed by atoms with Crippen molar-refractivity contribution < 1.29 is 17.9 Å². The van der Waals surface area contributed by atoms with E-state index in [9.17, 15) is 13.2 Å². The molecule has 0 aromatic heterocycles. The normalized spacial score (nSPS) is 17.7. The summed E-state index contributed by atoms with van der Waals surface area (Å²) in [6.07, 6.45) is 3.35. The number of rotatable bonds is 7. The van der Waals surface area contributed by atoms with Gasteiger partial charge in [-0.3, -0.25) is 9.10 Å². The minimum atomic E-state index is -3.45. The highest BCUT2D eigenvalue weighted by molar-refractivity contribution is 7.92. The molecule has 0 saturated carbocycles. The van der Waals surface area contributed by atoms with E-state index >= 15 is 0 Å². The molecular formula is C17H26N2O4S. The Labute approximate surface area is 144 Å². The van der Waals surface area contributed by atoms with Gasteiger partial charge in [0.15, 0.2) is 0 Å². The van der Waals surface area contributed by atoms with Gasteiger partial charge in [0.25, 0.3) is 0 Å². The second-order valence-corrected chi connectivity index (χ2v) is 8.22. The third-order valence-electron chi connectivity index (χ3n) is 4.13. The van der Waals surface area contributed by atoms with Gasteiger partial charge < -0.3 is 10.1 Å². The molecule has 1 heterocycles. The third kappa shape index (κ3) is 5.21. The summed E-state index contributed by atoms with van der Waals surface area (Å²) < 4.78 is 31.1. The van der Waals surface area contributed by atoms with Crippen LogP contribution in [0.3, 0.4) is 0 Å². The van der Waals surface area contributed by atoms with Crippen molar-refractivity contribution in [3.05, 3.63) is 29.3 Å². The SMILES string of the molecule is Cc1ccc(C)c(N(CCC(=O)NCC2CCCO2)S(C)(=O)=O)c1. The first-order valence-electron chi connectivity index (χ1n) is 8.20. The molecule has 1 aliphatic heterocycles. The zero-order valence-electron chi connectivity index (χ0n) is 14.5. The van der Waals surface area contributed by atoms with Gasteiger partial charge in [-0.2, -0.15) is 0 Å². The molecule has 1 unspecified atom stereocenters. The molecule has 1 saturated heterocycles. The zero-order chi connectivity index (χ0) is 17.7. The average molecular weight is 354 g/mol. The molecule has 134 valence electrons. The lowest BCUT2D eigenvalue weighted by Gasteiger charge is -2.24. The number of amides is 1. The van der Waals surface area contributed by atoms with Crippen molar-refractivity contribution in [2.24, 2.45) is 0 Å². The van der Waals surface area contributed by atoms with Gasteiger partial charge in [-0.25, -0.2) is 8.42 Å². The maximum absolute atomic E-state index is 12.1. The number of aryl methyl sites for hydroxylation is 2. The van der Waals surface area contributed by atoms with Crippen LogP contribution in [0.1, 0.15) is 30.4 Å². The first-order chi connectivity index (χ1) is 11.3. The van der Waals surface area contributed by atoms with Crippen LogP contribution in [-0.4, -0.2) is 46.4 Å². The highest BCUT2D eigenvalue weighted by atomic mass is 32.2. The smallest absolute Gasteiger partial charge is 0.232 e. The van der Waals surface area contributed by atoms with Crippen molar-refractivity contribution >= 4 is 21.6 Å². The average Bonchev–Trinajstić information content (AvgIpc) is 3.01. The number of benzene rings is 1. The van der Waals surface area contributed by atoms with Crippen molar-refractivity contribution in [2.75, 3.05) is 30.3 Å². The Morgan fingerprint density at radius 2 is 2.12 bits per heavy atom. The summed E-state index contributed by atoms with van der Waals surface area (Å²) in [6.45, 7) is 5.14. The first-order valence-corrected chi connectivity index (χ1v) is 10.1. The molecule has 1 atom stereocenters. The fourth-order valence-corrected chi connectivity index (χ4v) is 3.75. The number of sulfonamides is 1. The molecule has 2 rings (SSSR count). The van der Waals surface area contributed by atoms with Gasteiger partial charge in [0.2, 0.25) is 15.9 Å². The van der Waals surface area contributed by atoms with E-state index in [2.05, 4.69) is 5.32 Å². The Bertz CT molecular complexity index is 682. The van der Waals surface area contributed by atoms with E-state index in [0.717, 1.165) is 30.6 Å². The Morgan fingerprint density at radius 3 is 2.75 bits per heavy atom. The second-order valence-electron chi connectivity index (χ2n) is 6.31. The van der Waals surface area contributed by atoms with Crippen LogP contribution in [0.4, 0.5) is 5.69 Å². The third-order valence-corrected chi connectivity index (χ3v) is 5.31. The lowest BCUT2D eigenvalue weighted by Crippen LogP contribution is -2.37. The Hall–Kier alpha value is -1.60. The van der Waals surface area contributed by atoms with E-state index in [1.54, 1.807) is 0 Å². The lowest BCUT2D eigenvalue weighted by molar-refractivity contribution is -0.121. The Balaban J connectivity index is 1.99. The van der Waals surface area contributed by atoms with Crippen molar-refractivity contribution in [2.45, 2.75) is 39.2 Å². The minimum Gasteiger partial charge on any atom is -0.376 e. The topological polar surface area (TPSA) is 75.7 Å². The number of carbonyl (C=O) groups excluding carboxylic acids is 1. The zero-order valence-corrected chi connectivity index (χ0v) is 15.4. The highest BCUT2D eigenvalue weighted by Gasteiger charge is 2.21. The molecule has 24 heavy (non-hydrogen) atoms. The summed E-state index contributed by atoms with van der Waals surface area (Å²) in [5, 5.41) is 2.82. The van der Waals surface area contributed by atoms with E-state index in [1.807, 2.05) is 32.0 Å². The van der Waals surface area contributed by atoms with Crippen LogP contribution in [0.15, 0.2) is 18.2 Å². The molecule has 6 nitrogen and oxygen atoms in total. The molecule has 7 heteroatoms.